The molecule has 54 heavy (non-hydrogen) atoms. The van der Waals surface area contributed by atoms with Crippen molar-refractivity contribution in [1.29, 1.82) is 0 Å². The predicted molar refractivity (Wildman–Crippen MR) is 228 cm³/mol. The number of furan rings is 2. The summed E-state index contributed by atoms with van der Waals surface area (Å²) in [7, 11) is 10.6. The van der Waals surface area contributed by atoms with Crippen LogP contribution in [-0.2, 0) is 20.8 Å². The second kappa shape index (κ2) is 16.7. The quantitative estimate of drug-likeness (QED) is 0.142. The molecule has 0 spiro atoms. The van der Waals surface area contributed by atoms with Crippen molar-refractivity contribution in [3.63, 3.8) is 0 Å². The fourth-order valence-corrected chi connectivity index (χ4v) is 9.99. The number of hydrogen-bond acceptors (Lipinski definition) is 2. The monoisotopic (exact) mass is 882 g/mol. The van der Waals surface area contributed by atoms with Crippen molar-refractivity contribution in [1.82, 2.24) is 0 Å². The third kappa shape index (κ3) is 7.77. The maximum atomic E-state index is 6.33. The molecule has 2 unspecified atom stereocenters. The van der Waals surface area contributed by atoms with E-state index in [0.717, 1.165) is 45.2 Å². The van der Waals surface area contributed by atoms with Crippen LogP contribution in [0, 0.1) is 41.5 Å². The SMILES string of the molecule is Cc1ccc(C2=Cc3c(cc(C)c(C)c3-c3ccc(Cl)cc3)C2C[Si]CC2C(c3ccc(C)o3)=Cc3c2cc(C)c(C)c3-c2ccc(Cl)cc2)o1.[Cl][Zr][Cl]. The first-order valence-corrected chi connectivity index (χ1v) is 26.5. The molecule has 0 saturated heterocycles. The number of fused-ring (bicyclic) bond motifs is 2. The van der Waals surface area contributed by atoms with Gasteiger partial charge in [0, 0.05) is 42.5 Å². The molecule has 2 radical (unpaired) electrons. The zero-order valence-electron chi connectivity index (χ0n) is 31.1. The van der Waals surface area contributed by atoms with Crippen LogP contribution in [0.4, 0.5) is 0 Å². The molecule has 0 N–H and O–H groups in total. The van der Waals surface area contributed by atoms with Crippen LogP contribution in [-0.4, -0.2) is 9.52 Å². The standard InChI is InChI=1S/C46H40Cl2O2Si.2ClH.Zr/c1-25-19-35-39(45(29(25)5)31-9-13-33(47)14-10-31)21-37(43-17-7-27(3)49-43)41(35)23-51-24-42-36-20-26(2)30(6)46(32-11-15-34(48)16-12-32)40(36)22-38(42)44-18-8-28(4)50-44;;;/h7-22,41-42H,23-24H2,1-6H3;2*1H;/q;;;+2/p-2. The first kappa shape index (κ1) is 39.4. The van der Waals surface area contributed by atoms with E-state index in [1.807, 2.05) is 38.1 Å². The van der Waals surface area contributed by atoms with Crippen LogP contribution in [0.3, 0.4) is 0 Å². The first-order valence-electron chi connectivity index (χ1n) is 18.0. The summed E-state index contributed by atoms with van der Waals surface area (Å²) in [5.41, 5.74) is 18.1. The second-order valence-electron chi connectivity index (χ2n) is 14.3. The number of rotatable bonds is 8. The Kier molecular flexibility index (Phi) is 12.2. The van der Waals surface area contributed by atoms with Crippen molar-refractivity contribution in [3.05, 3.63) is 163 Å². The molecule has 2 atom stereocenters. The van der Waals surface area contributed by atoms with Gasteiger partial charge in [0.15, 0.2) is 0 Å². The zero-order valence-corrected chi connectivity index (χ0v) is 37.6. The Morgan fingerprint density at radius 1 is 0.556 bits per heavy atom. The summed E-state index contributed by atoms with van der Waals surface area (Å²) in [4.78, 5) is 0. The van der Waals surface area contributed by atoms with Crippen molar-refractivity contribution in [3.8, 4) is 22.3 Å². The fourth-order valence-electron chi connectivity index (χ4n) is 8.11. The van der Waals surface area contributed by atoms with Crippen LogP contribution in [0.5, 0.6) is 0 Å². The molecule has 2 heterocycles. The van der Waals surface area contributed by atoms with E-state index in [9.17, 15) is 0 Å². The van der Waals surface area contributed by atoms with Gasteiger partial charge in [0.25, 0.3) is 0 Å². The summed E-state index contributed by atoms with van der Waals surface area (Å²) >= 11 is 11.8. The average molecular weight is 886 g/mol. The molecule has 8 heteroatoms. The molecule has 2 aliphatic rings. The third-order valence-electron chi connectivity index (χ3n) is 11.0. The Balaban J connectivity index is 0.00000145. The Morgan fingerprint density at radius 2 is 0.926 bits per heavy atom. The van der Waals surface area contributed by atoms with Gasteiger partial charge in [-0.05, 0) is 181 Å². The minimum atomic E-state index is -0.826. The van der Waals surface area contributed by atoms with Gasteiger partial charge >= 0.3 is 37.9 Å². The van der Waals surface area contributed by atoms with Gasteiger partial charge in [0.1, 0.15) is 23.0 Å². The number of aryl methyl sites for hydroxylation is 4. The summed E-state index contributed by atoms with van der Waals surface area (Å²) in [5.74, 6) is 4.26. The van der Waals surface area contributed by atoms with Gasteiger partial charge in [-0.1, -0.05) is 59.6 Å². The molecule has 2 aliphatic carbocycles. The topological polar surface area (TPSA) is 26.3 Å². The summed E-state index contributed by atoms with van der Waals surface area (Å²) in [5, 5.41) is 1.50. The van der Waals surface area contributed by atoms with E-state index in [2.05, 4.69) is 101 Å². The zero-order chi connectivity index (χ0) is 38.3. The van der Waals surface area contributed by atoms with Gasteiger partial charge in [-0.3, -0.25) is 0 Å². The van der Waals surface area contributed by atoms with E-state index >= 15 is 0 Å². The van der Waals surface area contributed by atoms with Gasteiger partial charge in [-0.2, -0.15) is 0 Å². The molecule has 0 bridgehead atoms. The molecule has 4 aromatic carbocycles. The Bertz CT molecular complexity index is 2240. The van der Waals surface area contributed by atoms with Crippen LogP contribution < -0.4 is 0 Å². The van der Waals surface area contributed by atoms with Gasteiger partial charge < -0.3 is 8.83 Å². The van der Waals surface area contributed by atoms with E-state index in [-0.39, 0.29) is 11.8 Å². The number of allylic oxidation sites excluding steroid dienone is 2. The Hall–Kier alpha value is -2.82. The molecule has 272 valence electrons. The Labute approximate surface area is 350 Å². The minimum absolute atomic E-state index is 0.234. The van der Waals surface area contributed by atoms with E-state index in [1.165, 1.54) is 77.9 Å². The van der Waals surface area contributed by atoms with E-state index < -0.39 is 20.8 Å². The molecular formula is C46H40Cl4O2SiZr. The van der Waals surface area contributed by atoms with Crippen LogP contribution in [0.2, 0.25) is 22.1 Å². The number of hydrogen-bond donors (Lipinski definition) is 0. The summed E-state index contributed by atoms with van der Waals surface area (Å²) < 4.78 is 12.7. The molecular weight excluding hydrogens is 846 g/mol. The second-order valence-corrected chi connectivity index (χ2v) is 20.2. The average Bonchev–Trinajstić information content (AvgIpc) is 3.94. The summed E-state index contributed by atoms with van der Waals surface area (Å²) in [6.07, 6.45) is 4.79. The van der Waals surface area contributed by atoms with Crippen molar-refractivity contribution in [2.75, 3.05) is 0 Å². The van der Waals surface area contributed by atoms with Crippen LogP contribution >= 0.6 is 40.2 Å². The normalized spacial score (nSPS) is 15.7. The van der Waals surface area contributed by atoms with Gasteiger partial charge in [0.05, 0.1) is 0 Å². The molecule has 2 nitrogen and oxygen atoms in total. The van der Waals surface area contributed by atoms with Crippen molar-refractivity contribution in [2.24, 2.45) is 0 Å². The van der Waals surface area contributed by atoms with Crippen LogP contribution in [0.15, 0.2) is 93.8 Å². The Morgan fingerprint density at radius 3 is 1.26 bits per heavy atom. The van der Waals surface area contributed by atoms with E-state index in [1.54, 1.807) is 0 Å². The molecule has 8 rings (SSSR count). The number of benzene rings is 4. The van der Waals surface area contributed by atoms with Gasteiger partial charge in [-0.15, -0.1) is 0 Å². The molecule has 0 amide bonds. The van der Waals surface area contributed by atoms with Crippen molar-refractivity contribution >= 4 is 73.0 Å². The molecule has 0 fully saturated rings. The first-order chi connectivity index (χ1) is 26.0. The van der Waals surface area contributed by atoms with Crippen molar-refractivity contribution in [2.45, 2.75) is 65.5 Å². The van der Waals surface area contributed by atoms with Gasteiger partial charge in [-0.25, -0.2) is 0 Å². The maximum absolute atomic E-state index is 6.33. The number of halogens is 4. The van der Waals surface area contributed by atoms with Crippen LogP contribution in [0.25, 0.3) is 45.6 Å². The third-order valence-corrected chi connectivity index (χ3v) is 12.8. The fraction of sp³-hybridized carbons (Fsp3) is 0.217. The van der Waals surface area contributed by atoms with Gasteiger partial charge in [0.2, 0.25) is 0 Å². The molecule has 0 aliphatic heterocycles. The summed E-state index contributed by atoms with van der Waals surface area (Å²) in [6, 6.07) is 31.9. The molecule has 0 saturated carbocycles. The van der Waals surface area contributed by atoms with E-state index in [0.29, 0.717) is 9.52 Å². The molecule has 2 aromatic heterocycles. The van der Waals surface area contributed by atoms with Crippen molar-refractivity contribution < 1.29 is 29.7 Å². The predicted octanol–water partition coefficient (Wildman–Crippen LogP) is 15.3. The summed E-state index contributed by atoms with van der Waals surface area (Å²) in [6.45, 7) is 13.0. The van der Waals surface area contributed by atoms with Crippen LogP contribution in [0.1, 0.15) is 79.4 Å². The molecule has 6 aromatic rings. The van der Waals surface area contributed by atoms with E-state index in [4.69, 9.17) is 49.1 Å².